The highest BCUT2D eigenvalue weighted by atomic mass is 35.5. The average Bonchev–Trinajstić information content (AvgIpc) is 2.39. The third kappa shape index (κ3) is 2.97. The van der Waals surface area contributed by atoms with Crippen LogP contribution in [-0.4, -0.2) is 9.97 Å². The van der Waals surface area contributed by atoms with Crippen molar-refractivity contribution < 1.29 is 0 Å². The summed E-state index contributed by atoms with van der Waals surface area (Å²) in [5.74, 6) is 0.532. The summed E-state index contributed by atoms with van der Waals surface area (Å²) in [7, 11) is 0. The minimum absolute atomic E-state index is 0.260. The molecule has 98 valence electrons. The molecule has 1 aromatic heterocycles. The van der Waals surface area contributed by atoms with Crippen LogP contribution in [0.2, 0.25) is 10.0 Å². The van der Waals surface area contributed by atoms with E-state index >= 15 is 0 Å². The molecule has 0 radical (unpaired) electrons. The molecular formula is C13H11Cl2N3S. The second kappa shape index (κ2) is 5.74. The Balaban J connectivity index is 2.48. The van der Waals surface area contributed by atoms with Crippen LogP contribution in [0.1, 0.15) is 11.1 Å². The van der Waals surface area contributed by atoms with Gasteiger partial charge in [-0.15, -0.1) is 0 Å². The number of anilines is 2. The summed E-state index contributed by atoms with van der Waals surface area (Å²) in [6.45, 7) is 1.90. The number of rotatable bonds is 3. The van der Waals surface area contributed by atoms with Gasteiger partial charge in [-0.05, 0) is 30.7 Å². The number of hydrogen-bond acceptors (Lipinski definition) is 3. The Labute approximate surface area is 126 Å². The van der Waals surface area contributed by atoms with Crippen molar-refractivity contribution in [2.24, 2.45) is 5.73 Å². The Morgan fingerprint density at radius 3 is 2.74 bits per heavy atom. The quantitative estimate of drug-likeness (QED) is 0.839. The molecule has 0 saturated heterocycles. The number of benzene rings is 1. The molecule has 0 aliphatic rings. The first-order chi connectivity index (χ1) is 9.00. The van der Waals surface area contributed by atoms with Crippen molar-refractivity contribution in [3.63, 3.8) is 0 Å². The fourth-order valence-electron chi connectivity index (χ4n) is 1.59. The second-order valence-electron chi connectivity index (χ2n) is 3.94. The van der Waals surface area contributed by atoms with Crippen molar-refractivity contribution in [1.29, 1.82) is 0 Å². The Kier molecular flexibility index (Phi) is 4.24. The minimum Gasteiger partial charge on any atom is -0.389 e. The van der Waals surface area contributed by atoms with E-state index in [-0.39, 0.29) is 4.99 Å². The highest BCUT2D eigenvalue weighted by Gasteiger charge is 2.12. The first kappa shape index (κ1) is 14.1. The van der Waals surface area contributed by atoms with Crippen molar-refractivity contribution in [1.82, 2.24) is 4.98 Å². The van der Waals surface area contributed by atoms with Crippen molar-refractivity contribution in [2.75, 3.05) is 5.32 Å². The van der Waals surface area contributed by atoms with Gasteiger partial charge < -0.3 is 11.1 Å². The number of nitrogens with one attached hydrogen (secondary N) is 1. The van der Waals surface area contributed by atoms with Crippen molar-refractivity contribution in [3.8, 4) is 0 Å². The molecule has 0 aliphatic heterocycles. The fourth-order valence-corrected chi connectivity index (χ4v) is 2.22. The maximum Gasteiger partial charge on any atom is 0.140 e. The summed E-state index contributed by atoms with van der Waals surface area (Å²) in [5, 5.41) is 4.15. The lowest BCUT2D eigenvalue weighted by Gasteiger charge is -2.13. The SMILES string of the molecule is Cc1ccc(Cl)c(Nc2ncccc2C(N)=S)c1Cl. The normalized spacial score (nSPS) is 10.3. The molecule has 3 N–H and O–H groups in total. The summed E-state index contributed by atoms with van der Waals surface area (Å²) in [6, 6.07) is 7.17. The Morgan fingerprint density at radius 2 is 2.05 bits per heavy atom. The number of nitrogens with zero attached hydrogens (tertiary/aromatic N) is 1. The first-order valence-corrected chi connectivity index (χ1v) is 6.63. The molecule has 0 unspecified atom stereocenters. The van der Waals surface area contributed by atoms with E-state index in [0.717, 1.165) is 5.56 Å². The number of aryl methyl sites for hydroxylation is 1. The summed E-state index contributed by atoms with van der Waals surface area (Å²) >= 11 is 17.4. The lowest BCUT2D eigenvalue weighted by Crippen LogP contribution is -2.13. The molecule has 1 aromatic carbocycles. The van der Waals surface area contributed by atoms with Gasteiger partial charge in [-0.3, -0.25) is 0 Å². The lowest BCUT2D eigenvalue weighted by atomic mass is 10.2. The van der Waals surface area contributed by atoms with Gasteiger partial charge in [-0.1, -0.05) is 41.5 Å². The van der Waals surface area contributed by atoms with E-state index in [4.69, 9.17) is 41.2 Å². The topological polar surface area (TPSA) is 50.9 Å². The van der Waals surface area contributed by atoms with Gasteiger partial charge in [-0.25, -0.2) is 4.98 Å². The van der Waals surface area contributed by atoms with Crippen LogP contribution >= 0.6 is 35.4 Å². The van der Waals surface area contributed by atoms with Crippen LogP contribution in [0.3, 0.4) is 0 Å². The molecule has 0 amide bonds. The van der Waals surface area contributed by atoms with Crippen molar-refractivity contribution >= 4 is 51.9 Å². The van der Waals surface area contributed by atoms with Gasteiger partial charge in [-0.2, -0.15) is 0 Å². The van der Waals surface area contributed by atoms with Crippen LogP contribution in [0.4, 0.5) is 11.5 Å². The number of halogens is 2. The average molecular weight is 312 g/mol. The van der Waals surface area contributed by atoms with Crippen LogP contribution in [0, 0.1) is 6.92 Å². The van der Waals surface area contributed by atoms with Crippen LogP contribution < -0.4 is 11.1 Å². The van der Waals surface area contributed by atoms with E-state index in [2.05, 4.69) is 10.3 Å². The largest absolute Gasteiger partial charge is 0.389 e. The van der Waals surface area contributed by atoms with Crippen molar-refractivity contribution in [3.05, 3.63) is 51.6 Å². The lowest BCUT2D eigenvalue weighted by molar-refractivity contribution is 1.29. The molecular weight excluding hydrogens is 301 g/mol. The number of pyridine rings is 1. The molecule has 0 fully saturated rings. The third-order valence-corrected chi connectivity index (χ3v) is 3.62. The van der Waals surface area contributed by atoms with Crippen LogP contribution in [0.25, 0.3) is 0 Å². The molecule has 2 aromatic rings. The maximum absolute atomic E-state index is 6.24. The van der Waals surface area contributed by atoms with E-state index in [9.17, 15) is 0 Å². The predicted octanol–water partition coefficient (Wildman–Crippen LogP) is 4.07. The molecule has 19 heavy (non-hydrogen) atoms. The van der Waals surface area contributed by atoms with Crippen molar-refractivity contribution in [2.45, 2.75) is 6.92 Å². The number of nitrogens with two attached hydrogens (primary N) is 1. The van der Waals surface area contributed by atoms with Gasteiger partial charge in [0.1, 0.15) is 10.8 Å². The molecule has 6 heteroatoms. The van der Waals surface area contributed by atoms with Gasteiger partial charge in [0.2, 0.25) is 0 Å². The number of aromatic nitrogens is 1. The van der Waals surface area contributed by atoms with E-state index < -0.39 is 0 Å². The van der Waals surface area contributed by atoms with Crippen LogP contribution in [0.5, 0.6) is 0 Å². The summed E-state index contributed by atoms with van der Waals surface area (Å²) < 4.78 is 0. The standard InChI is InChI=1S/C13H11Cl2N3S/c1-7-4-5-9(14)11(10(7)15)18-13-8(12(16)19)3-2-6-17-13/h2-6H,1H3,(H2,16,19)(H,17,18). The number of hydrogen-bond donors (Lipinski definition) is 2. The Bertz CT molecular complexity index is 644. The van der Waals surface area contributed by atoms with Crippen LogP contribution in [0.15, 0.2) is 30.5 Å². The highest BCUT2D eigenvalue weighted by Crippen LogP contribution is 2.35. The minimum atomic E-state index is 0.260. The smallest absolute Gasteiger partial charge is 0.140 e. The van der Waals surface area contributed by atoms with Gasteiger partial charge >= 0.3 is 0 Å². The number of thiocarbonyl (C=S) groups is 1. The summed E-state index contributed by atoms with van der Waals surface area (Å²) in [6.07, 6.45) is 1.64. The highest BCUT2D eigenvalue weighted by molar-refractivity contribution is 7.80. The first-order valence-electron chi connectivity index (χ1n) is 5.47. The van der Waals surface area contributed by atoms with Gasteiger partial charge in [0.15, 0.2) is 0 Å². The summed E-state index contributed by atoms with van der Waals surface area (Å²) in [4.78, 5) is 4.47. The van der Waals surface area contributed by atoms with Gasteiger partial charge in [0.05, 0.1) is 21.3 Å². The zero-order chi connectivity index (χ0) is 14.0. The second-order valence-corrected chi connectivity index (χ2v) is 5.17. The van der Waals surface area contributed by atoms with Crippen LogP contribution in [-0.2, 0) is 0 Å². The summed E-state index contributed by atoms with van der Waals surface area (Å²) in [5.41, 5.74) is 7.82. The molecule has 0 bridgehead atoms. The van der Waals surface area contributed by atoms with Gasteiger partial charge in [0.25, 0.3) is 0 Å². The monoisotopic (exact) mass is 311 g/mol. The molecule has 0 saturated carbocycles. The molecule has 0 atom stereocenters. The molecule has 1 heterocycles. The van der Waals surface area contributed by atoms with E-state index in [1.165, 1.54) is 0 Å². The zero-order valence-corrected chi connectivity index (χ0v) is 12.4. The Morgan fingerprint density at radius 1 is 1.32 bits per heavy atom. The maximum atomic E-state index is 6.24. The van der Waals surface area contributed by atoms with E-state index in [1.807, 2.05) is 13.0 Å². The predicted molar refractivity (Wildman–Crippen MR) is 84.6 cm³/mol. The van der Waals surface area contributed by atoms with E-state index in [1.54, 1.807) is 24.4 Å². The Hall–Kier alpha value is -1.36. The molecule has 0 aliphatic carbocycles. The third-order valence-electron chi connectivity index (χ3n) is 2.60. The molecule has 3 nitrogen and oxygen atoms in total. The fraction of sp³-hybridized carbons (Fsp3) is 0.0769. The molecule has 2 rings (SSSR count). The molecule has 0 spiro atoms. The zero-order valence-electron chi connectivity index (χ0n) is 10.1. The van der Waals surface area contributed by atoms with Gasteiger partial charge in [0, 0.05) is 6.20 Å². The van der Waals surface area contributed by atoms with E-state index in [0.29, 0.717) is 27.1 Å².